The van der Waals surface area contributed by atoms with Crippen molar-refractivity contribution in [2.45, 2.75) is 13.8 Å². The van der Waals surface area contributed by atoms with Crippen LogP contribution >= 0.6 is 31.9 Å². The van der Waals surface area contributed by atoms with Crippen molar-refractivity contribution in [2.75, 3.05) is 10.6 Å². The molecule has 0 unspecified atom stereocenters. The standard InChI is InChI=1S/C14H12Br2N4O2/c1-7-3-11(17-5-9(7)15)19-13(21)14(22)20-12-4-8(2)10(16)6-18-12/h3-6H,1-2H3,(H,17,19,21)(H,18,20,22). The number of carbonyl (C=O) groups excluding carboxylic acids is 2. The van der Waals surface area contributed by atoms with Gasteiger partial charge in [0.1, 0.15) is 11.6 Å². The number of aromatic nitrogens is 2. The lowest BCUT2D eigenvalue weighted by molar-refractivity contribution is -0.133. The van der Waals surface area contributed by atoms with Gasteiger partial charge < -0.3 is 10.6 Å². The number of pyridine rings is 2. The highest BCUT2D eigenvalue weighted by atomic mass is 79.9. The van der Waals surface area contributed by atoms with Gasteiger partial charge in [0.2, 0.25) is 0 Å². The highest BCUT2D eigenvalue weighted by Gasteiger charge is 2.15. The summed E-state index contributed by atoms with van der Waals surface area (Å²) >= 11 is 6.63. The number of anilines is 2. The highest BCUT2D eigenvalue weighted by Crippen LogP contribution is 2.18. The number of aryl methyl sites for hydroxylation is 2. The van der Waals surface area contributed by atoms with E-state index < -0.39 is 11.8 Å². The number of carbonyl (C=O) groups is 2. The third kappa shape index (κ3) is 4.11. The number of nitrogens with zero attached hydrogens (tertiary/aromatic N) is 2. The van der Waals surface area contributed by atoms with E-state index >= 15 is 0 Å². The van der Waals surface area contributed by atoms with E-state index in [1.165, 1.54) is 0 Å². The predicted octanol–water partition coefficient (Wildman–Crippen LogP) is 3.20. The lowest BCUT2D eigenvalue weighted by Crippen LogP contribution is -2.29. The largest absolute Gasteiger partial charge is 0.315 e. The number of hydrogen-bond acceptors (Lipinski definition) is 4. The molecule has 0 fully saturated rings. The Labute approximate surface area is 144 Å². The maximum atomic E-state index is 11.9. The van der Waals surface area contributed by atoms with Crippen LogP contribution in [-0.4, -0.2) is 21.8 Å². The number of amides is 2. The molecule has 0 atom stereocenters. The summed E-state index contributed by atoms with van der Waals surface area (Å²) in [5.74, 6) is -1.00. The SMILES string of the molecule is Cc1cc(NC(=O)C(=O)Nc2cc(C)c(Br)cn2)ncc1Br. The zero-order valence-corrected chi connectivity index (χ0v) is 14.9. The van der Waals surface area contributed by atoms with Gasteiger partial charge in [0.25, 0.3) is 0 Å². The molecule has 114 valence electrons. The summed E-state index contributed by atoms with van der Waals surface area (Å²) in [4.78, 5) is 31.7. The summed E-state index contributed by atoms with van der Waals surface area (Å²) in [6.07, 6.45) is 3.12. The van der Waals surface area contributed by atoms with Crippen LogP contribution in [0.3, 0.4) is 0 Å². The first-order valence-electron chi connectivity index (χ1n) is 6.23. The summed E-state index contributed by atoms with van der Waals surface area (Å²) in [7, 11) is 0. The Hall–Kier alpha value is -1.80. The van der Waals surface area contributed by atoms with Crippen molar-refractivity contribution in [2.24, 2.45) is 0 Å². The minimum Gasteiger partial charge on any atom is -0.302 e. The molecule has 0 radical (unpaired) electrons. The second-order valence-electron chi connectivity index (χ2n) is 4.55. The van der Waals surface area contributed by atoms with Gasteiger partial charge in [-0.1, -0.05) is 0 Å². The van der Waals surface area contributed by atoms with Gasteiger partial charge in [-0.3, -0.25) is 9.59 Å². The molecule has 2 rings (SSSR count). The average Bonchev–Trinajstić information content (AvgIpc) is 2.46. The van der Waals surface area contributed by atoms with E-state index in [0.29, 0.717) is 11.6 Å². The van der Waals surface area contributed by atoms with Crippen LogP contribution in [0.15, 0.2) is 33.5 Å². The molecule has 22 heavy (non-hydrogen) atoms. The molecule has 0 spiro atoms. The second-order valence-corrected chi connectivity index (χ2v) is 6.25. The Morgan fingerprint density at radius 1 is 0.864 bits per heavy atom. The number of halogens is 2. The second kappa shape index (κ2) is 6.97. The predicted molar refractivity (Wildman–Crippen MR) is 90.6 cm³/mol. The van der Waals surface area contributed by atoms with Gasteiger partial charge in [-0.2, -0.15) is 0 Å². The molecule has 0 bridgehead atoms. The normalized spacial score (nSPS) is 10.2. The van der Waals surface area contributed by atoms with E-state index in [9.17, 15) is 9.59 Å². The molecule has 0 aliphatic rings. The Kier molecular flexibility index (Phi) is 5.25. The molecule has 0 aromatic carbocycles. The van der Waals surface area contributed by atoms with Gasteiger partial charge in [0, 0.05) is 21.3 Å². The zero-order chi connectivity index (χ0) is 16.3. The Morgan fingerprint density at radius 3 is 1.55 bits per heavy atom. The topological polar surface area (TPSA) is 84.0 Å². The molecule has 6 nitrogen and oxygen atoms in total. The molecule has 2 aromatic heterocycles. The third-order valence-electron chi connectivity index (χ3n) is 2.78. The van der Waals surface area contributed by atoms with Crippen molar-refractivity contribution in [3.63, 3.8) is 0 Å². The average molecular weight is 428 g/mol. The van der Waals surface area contributed by atoms with Crippen molar-refractivity contribution in [3.05, 3.63) is 44.6 Å². The summed E-state index contributed by atoms with van der Waals surface area (Å²) in [6.45, 7) is 3.71. The molecular weight excluding hydrogens is 416 g/mol. The van der Waals surface area contributed by atoms with Crippen LogP contribution in [0.5, 0.6) is 0 Å². The summed E-state index contributed by atoms with van der Waals surface area (Å²) in [5.41, 5.74) is 1.80. The minimum absolute atomic E-state index is 0.306. The number of hydrogen-bond donors (Lipinski definition) is 2. The lowest BCUT2D eigenvalue weighted by Gasteiger charge is -2.07. The molecule has 0 aliphatic heterocycles. The van der Waals surface area contributed by atoms with Crippen molar-refractivity contribution >= 4 is 55.3 Å². The van der Waals surface area contributed by atoms with Crippen LogP contribution < -0.4 is 10.6 Å². The molecule has 2 aromatic rings. The van der Waals surface area contributed by atoms with Crippen molar-refractivity contribution in [3.8, 4) is 0 Å². The summed E-state index contributed by atoms with van der Waals surface area (Å²) < 4.78 is 1.65. The fraction of sp³-hybridized carbons (Fsp3) is 0.143. The van der Waals surface area contributed by atoms with E-state index in [1.807, 2.05) is 13.8 Å². The van der Waals surface area contributed by atoms with Crippen LogP contribution in [-0.2, 0) is 9.59 Å². The quantitative estimate of drug-likeness (QED) is 0.720. The van der Waals surface area contributed by atoms with Crippen molar-refractivity contribution in [1.29, 1.82) is 0 Å². The lowest BCUT2D eigenvalue weighted by atomic mass is 10.3. The Bertz CT molecular complexity index is 686. The van der Waals surface area contributed by atoms with Gasteiger partial charge in [0.15, 0.2) is 0 Å². The molecule has 2 N–H and O–H groups in total. The van der Waals surface area contributed by atoms with Gasteiger partial charge in [-0.25, -0.2) is 9.97 Å². The van der Waals surface area contributed by atoms with E-state index in [2.05, 4.69) is 52.5 Å². The van der Waals surface area contributed by atoms with Gasteiger partial charge >= 0.3 is 11.8 Å². The molecule has 2 heterocycles. The fourth-order valence-electron chi connectivity index (χ4n) is 1.56. The van der Waals surface area contributed by atoms with Crippen LogP contribution in [0.4, 0.5) is 11.6 Å². The fourth-order valence-corrected chi connectivity index (χ4v) is 2.00. The van der Waals surface area contributed by atoms with Crippen molar-refractivity contribution in [1.82, 2.24) is 9.97 Å². The Morgan fingerprint density at radius 2 is 1.23 bits per heavy atom. The van der Waals surface area contributed by atoms with E-state index in [4.69, 9.17) is 0 Å². The first-order valence-corrected chi connectivity index (χ1v) is 7.82. The zero-order valence-electron chi connectivity index (χ0n) is 11.8. The van der Waals surface area contributed by atoms with E-state index in [1.54, 1.807) is 24.5 Å². The summed E-state index contributed by atoms with van der Waals surface area (Å²) in [5, 5.41) is 4.87. The smallest absolute Gasteiger partial charge is 0.302 e. The van der Waals surface area contributed by atoms with Crippen LogP contribution in [0, 0.1) is 13.8 Å². The van der Waals surface area contributed by atoms with Crippen LogP contribution in [0.2, 0.25) is 0 Å². The van der Waals surface area contributed by atoms with Crippen LogP contribution in [0.1, 0.15) is 11.1 Å². The van der Waals surface area contributed by atoms with Gasteiger partial charge in [-0.15, -0.1) is 0 Å². The molecule has 0 saturated heterocycles. The van der Waals surface area contributed by atoms with E-state index in [-0.39, 0.29) is 0 Å². The van der Waals surface area contributed by atoms with Gasteiger partial charge in [-0.05, 0) is 69.0 Å². The monoisotopic (exact) mass is 426 g/mol. The molecular formula is C14H12Br2N4O2. The first kappa shape index (κ1) is 16.6. The highest BCUT2D eigenvalue weighted by molar-refractivity contribution is 9.10. The first-order chi connectivity index (χ1) is 10.4. The third-order valence-corrected chi connectivity index (χ3v) is 4.44. The molecule has 0 aliphatic carbocycles. The molecule has 0 saturated carbocycles. The van der Waals surface area contributed by atoms with Gasteiger partial charge in [0.05, 0.1) is 0 Å². The maximum Gasteiger partial charge on any atom is 0.315 e. The van der Waals surface area contributed by atoms with Crippen LogP contribution in [0.25, 0.3) is 0 Å². The van der Waals surface area contributed by atoms with Crippen molar-refractivity contribution < 1.29 is 9.59 Å². The van der Waals surface area contributed by atoms with E-state index in [0.717, 1.165) is 20.1 Å². The number of nitrogens with one attached hydrogen (secondary N) is 2. The minimum atomic E-state index is -0.809. The summed E-state index contributed by atoms with van der Waals surface area (Å²) in [6, 6.07) is 3.33. The molecule has 8 heteroatoms. The maximum absolute atomic E-state index is 11.9. The Balaban J connectivity index is 2.04. The molecule has 2 amide bonds. The number of rotatable bonds is 2.